The zero-order valence-corrected chi connectivity index (χ0v) is 13.8. The lowest BCUT2D eigenvalue weighted by atomic mass is 10.2. The summed E-state index contributed by atoms with van der Waals surface area (Å²) >= 11 is 5.63. The van der Waals surface area contributed by atoms with Gasteiger partial charge in [-0.25, -0.2) is 0 Å². The molecule has 1 aliphatic heterocycles. The molecular weight excluding hydrogens is 330 g/mol. The SMILES string of the molecule is O=C(NCC(=O)N1CCN(c2ccccc2)CC1)c1ccc(Cl)o1. The molecule has 2 heterocycles. The predicted molar refractivity (Wildman–Crippen MR) is 91.3 cm³/mol. The van der Waals surface area contributed by atoms with Gasteiger partial charge in [0.15, 0.2) is 11.0 Å². The quantitative estimate of drug-likeness (QED) is 0.918. The number of rotatable bonds is 4. The number of amides is 2. The molecule has 0 atom stereocenters. The zero-order valence-electron chi connectivity index (χ0n) is 13.1. The van der Waals surface area contributed by atoms with Crippen molar-refractivity contribution in [2.45, 2.75) is 0 Å². The van der Waals surface area contributed by atoms with E-state index in [4.69, 9.17) is 16.0 Å². The van der Waals surface area contributed by atoms with E-state index in [1.165, 1.54) is 12.1 Å². The Labute approximate surface area is 145 Å². The number of para-hydroxylation sites is 1. The van der Waals surface area contributed by atoms with Gasteiger partial charge in [0, 0.05) is 31.9 Å². The van der Waals surface area contributed by atoms with Crippen molar-refractivity contribution in [2.75, 3.05) is 37.6 Å². The average molecular weight is 348 g/mol. The number of carbonyl (C=O) groups is 2. The summed E-state index contributed by atoms with van der Waals surface area (Å²) in [7, 11) is 0. The molecule has 2 aromatic rings. The van der Waals surface area contributed by atoms with Crippen LogP contribution in [0, 0.1) is 0 Å². The number of nitrogens with zero attached hydrogens (tertiary/aromatic N) is 2. The Kier molecular flexibility index (Phi) is 5.05. The molecule has 1 saturated heterocycles. The number of nitrogens with one attached hydrogen (secondary N) is 1. The van der Waals surface area contributed by atoms with Crippen LogP contribution in [0.25, 0.3) is 0 Å². The number of halogens is 1. The molecule has 1 fully saturated rings. The molecule has 2 amide bonds. The number of piperazine rings is 1. The molecule has 6 nitrogen and oxygen atoms in total. The van der Waals surface area contributed by atoms with E-state index >= 15 is 0 Å². The largest absolute Gasteiger partial charge is 0.440 e. The van der Waals surface area contributed by atoms with Crippen molar-refractivity contribution in [1.82, 2.24) is 10.2 Å². The molecule has 1 aromatic heterocycles. The fourth-order valence-electron chi connectivity index (χ4n) is 2.64. The second-order valence-corrected chi connectivity index (χ2v) is 5.86. The lowest BCUT2D eigenvalue weighted by Crippen LogP contribution is -2.51. The van der Waals surface area contributed by atoms with Crippen molar-refractivity contribution in [3.63, 3.8) is 0 Å². The fourth-order valence-corrected chi connectivity index (χ4v) is 2.79. The Morgan fingerprint density at radius 2 is 1.75 bits per heavy atom. The third-order valence-corrected chi connectivity index (χ3v) is 4.15. The van der Waals surface area contributed by atoms with Crippen LogP contribution < -0.4 is 10.2 Å². The Bertz CT molecular complexity index is 709. The molecule has 0 saturated carbocycles. The molecule has 0 bridgehead atoms. The summed E-state index contributed by atoms with van der Waals surface area (Å²) in [5.41, 5.74) is 1.16. The topological polar surface area (TPSA) is 65.8 Å². The van der Waals surface area contributed by atoms with Gasteiger partial charge in [-0.15, -0.1) is 0 Å². The highest BCUT2D eigenvalue weighted by molar-refractivity contribution is 6.29. The Morgan fingerprint density at radius 3 is 2.38 bits per heavy atom. The van der Waals surface area contributed by atoms with Crippen LogP contribution in [-0.4, -0.2) is 49.4 Å². The van der Waals surface area contributed by atoms with E-state index < -0.39 is 5.91 Å². The highest BCUT2D eigenvalue weighted by Crippen LogP contribution is 2.15. The lowest BCUT2D eigenvalue weighted by molar-refractivity contribution is -0.130. The maximum absolute atomic E-state index is 12.2. The summed E-state index contributed by atoms with van der Waals surface area (Å²) < 4.78 is 5.01. The minimum atomic E-state index is -0.446. The maximum atomic E-state index is 12.2. The van der Waals surface area contributed by atoms with Crippen molar-refractivity contribution < 1.29 is 14.0 Å². The molecule has 24 heavy (non-hydrogen) atoms. The smallest absolute Gasteiger partial charge is 0.287 e. The van der Waals surface area contributed by atoms with Crippen molar-refractivity contribution in [3.8, 4) is 0 Å². The third kappa shape index (κ3) is 3.89. The van der Waals surface area contributed by atoms with Gasteiger partial charge in [0.1, 0.15) is 0 Å². The number of furan rings is 1. The molecule has 0 spiro atoms. The molecule has 1 N–H and O–H groups in total. The van der Waals surface area contributed by atoms with Crippen LogP contribution in [0.2, 0.25) is 5.22 Å². The summed E-state index contributed by atoms with van der Waals surface area (Å²) in [5.74, 6) is -0.450. The lowest BCUT2D eigenvalue weighted by Gasteiger charge is -2.36. The molecule has 0 radical (unpaired) electrons. The van der Waals surface area contributed by atoms with E-state index in [0.717, 1.165) is 18.8 Å². The maximum Gasteiger partial charge on any atom is 0.287 e. The minimum absolute atomic E-state index is 0.0531. The highest BCUT2D eigenvalue weighted by Gasteiger charge is 2.22. The molecule has 0 aliphatic carbocycles. The van der Waals surface area contributed by atoms with Crippen molar-refractivity contribution in [2.24, 2.45) is 0 Å². The van der Waals surface area contributed by atoms with E-state index in [1.54, 1.807) is 4.90 Å². The number of hydrogen-bond acceptors (Lipinski definition) is 4. The van der Waals surface area contributed by atoms with Gasteiger partial charge in [0.05, 0.1) is 6.54 Å². The second kappa shape index (κ2) is 7.40. The third-order valence-electron chi connectivity index (χ3n) is 3.95. The Balaban J connectivity index is 1.46. The van der Waals surface area contributed by atoms with Crippen molar-refractivity contribution >= 4 is 29.1 Å². The molecule has 1 aromatic carbocycles. The van der Waals surface area contributed by atoms with Gasteiger partial charge in [-0.05, 0) is 35.9 Å². The van der Waals surface area contributed by atoms with Crippen LogP contribution in [0.1, 0.15) is 10.6 Å². The van der Waals surface area contributed by atoms with E-state index in [-0.39, 0.29) is 23.4 Å². The van der Waals surface area contributed by atoms with Crippen LogP contribution in [0.15, 0.2) is 46.9 Å². The molecule has 3 rings (SSSR count). The number of benzene rings is 1. The van der Waals surface area contributed by atoms with Gasteiger partial charge in [0.2, 0.25) is 5.91 Å². The minimum Gasteiger partial charge on any atom is -0.440 e. The summed E-state index contributed by atoms with van der Waals surface area (Å²) in [4.78, 5) is 28.1. The second-order valence-electron chi connectivity index (χ2n) is 5.49. The van der Waals surface area contributed by atoms with Gasteiger partial charge < -0.3 is 19.5 Å². The average Bonchev–Trinajstić information content (AvgIpc) is 3.07. The summed E-state index contributed by atoms with van der Waals surface area (Å²) in [6.07, 6.45) is 0. The van der Waals surface area contributed by atoms with Gasteiger partial charge in [-0.3, -0.25) is 9.59 Å². The first-order chi connectivity index (χ1) is 11.6. The zero-order chi connectivity index (χ0) is 16.9. The van der Waals surface area contributed by atoms with Crippen molar-refractivity contribution in [1.29, 1.82) is 0 Å². The van der Waals surface area contributed by atoms with Crippen LogP contribution in [-0.2, 0) is 4.79 Å². The molecule has 7 heteroatoms. The van der Waals surface area contributed by atoms with E-state index in [0.29, 0.717) is 13.1 Å². The van der Waals surface area contributed by atoms with Gasteiger partial charge >= 0.3 is 0 Å². The Morgan fingerprint density at radius 1 is 1.04 bits per heavy atom. The van der Waals surface area contributed by atoms with Crippen molar-refractivity contribution in [3.05, 3.63) is 53.4 Å². The van der Waals surface area contributed by atoms with Crippen LogP contribution in [0.5, 0.6) is 0 Å². The van der Waals surface area contributed by atoms with E-state index in [1.807, 2.05) is 18.2 Å². The van der Waals surface area contributed by atoms with Gasteiger partial charge in [0.25, 0.3) is 5.91 Å². The number of carbonyl (C=O) groups excluding carboxylic acids is 2. The number of hydrogen-bond donors (Lipinski definition) is 1. The summed E-state index contributed by atoms with van der Waals surface area (Å²) in [6, 6.07) is 13.1. The summed E-state index contributed by atoms with van der Waals surface area (Å²) in [5, 5.41) is 2.70. The standard InChI is InChI=1S/C17H18ClN3O3/c18-15-7-6-14(24-15)17(23)19-12-16(22)21-10-8-20(9-11-21)13-4-2-1-3-5-13/h1-7H,8-12H2,(H,19,23). The normalized spacial score (nSPS) is 14.5. The molecule has 1 aliphatic rings. The van der Waals surface area contributed by atoms with Crippen LogP contribution >= 0.6 is 11.6 Å². The first-order valence-electron chi connectivity index (χ1n) is 7.75. The van der Waals surface area contributed by atoms with E-state index in [2.05, 4.69) is 22.3 Å². The molecule has 0 unspecified atom stereocenters. The predicted octanol–water partition coefficient (Wildman–Crippen LogP) is 2.01. The summed E-state index contributed by atoms with van der Waals surface area (Å²) in [6.45, 7) is 2.77. The van der Waals surface area contributed by atoms with Gasteiger partial charge in [-0.1, -0.05) is 18.2 Å². The van der Waals surface area contributed by atoms with Gasteiger partial charge in [-0.2, -0.15) is 0 Å². The molecule has 126 valence electrons. The monoisotopic (exact) mass is 347 g/mol. The van der Waals surface area contributed by atoms with Crippen LogP contribution in [0.4, 0.5) is 5.69 Å². The van der Waals surface area contributed by atoms with E-state index in [9.17, 15) is 9.59 Å². The highest BCUT2D eigenvalue weighted by atomic mass is 35.5. The Hall–Kier alpha value is -2.47. The molecular formula is C17H18ClN3O3. The first-order valence-corrected chi connectivity index (χ1v) is 8.12. The van der Waals surface area contributed by atoms with Crippen LogP contribution in [0.3, 0.4) is 0 Å². The fraction of sp³-hybridized carbons (Fsp3) is 0.294. The number of anilines is 1. The first kappa shape index (κ1) is 16.4.